The number of furan rings is 1. The standard InChI is InChI=1S/C14H18ClNO/c1-3-5-16-6-4-11-9-17-14-10(2)7-12(15)8-13(11)14/h7-9,16H,3-6H2,1-2H3. The van der Waals surface area contributed by atoms with E-state index >= 15 is 0 Å². The first-order valence-corrected chi connectivity index (χ1v) is 6.47. The topological polar surface area (TPSA) is 25.2 Å². The average Bonchev–Trinajstić information content (AvgIpc) is 2.68. The van der Waals surface area contributed by atoms with E-state index in [0.29, 0.717) is 0 Å². The van der Waals surface area contributed by atoms with Crippen molar-refractivity contribution in [2.45, 2.75) is 26.7 Å². The third-order valence-electron chi connectivity index (χ3n) is 2.90. The number of nitrogens with one attached hydrogen (secondary N) is 1. The van der Waals surface area contributed by atoms with Gasteiger partial charge in [-0.05, 0) is 56.1 Å². The molecule has 0 aliphatic carbocycles. The molecule has 1 N–H and O–H groups in total. The van der Waals surface area contributed by atoms with E-state index in [0.717, 1.165) is 47.5 Å². The van der Waals surface area contributed by atoms with Crippen molar-refractivity contribution in [2.24, 2.45) is 0 Å². The fourth-order valence-electron chi connectivity index (χ4n) is 2.04. The zero-order chi connectivity index (χ0) is 12.3. The van der Waals surface area contributed by atoms with Crippen LogP contribution in [0.5, 0.6) is 0 Å². The zero-order valence-corrected chi connectivity index (χ0v) is 11.1. The van der Waals surface area contributed by atoms with Crippen LogP contribution < -0.4 is 5.32 Å². The molecule has 2 rings (SSSR count). The van der Waals surface area contributed by atoms with Crippen molar-refractivity contribution in [3.05, 3.63) is 34.5 Å². The van der Waals surface area contributed by atoms with Crippen LogP contribution in [0.15, 0.2) is 22.8 Å². The second-order valence-electron chi connectivity index (χ2n) is 4.36. The second kappa shape index (κ2) is 5.56. The van der Waals surface area contributed by atoms with Gasteiger partial charge < -0.3 is 9.73 Å². The summed E-state index contributed by atoms with van der Waals surface area (Å²) in [6, 6.07) is 3.93. The highest BCUT2D eigenvalue weighted by atomic mass is 35.5. The van der Waals surface area contributed by atoms with E-state index in [9.17, 15) is 0 Å². The lowest BCUT2D eigenvalue weighted by molar-refractivity contribution is 0.603. The Morgan fingerprint density at radius 1 is 1.29 bits per heavy atom. The van der Waals surface area contributed by atoms with Crippen LogP contribution in [0, 0.1) is 6.92 Å². The first-order valence-electron chi connectivity index (χ1n) is 6.09. The lowest BCUT2D eigenvalue weighted by atomic mass is 10.1. The predicted molar refractivity (Wildman–Crippen MR) is 72.8 cm³/mol. The number of fused-ring (bicyclic) bond motifs is 1. The monoisotopic (exact) mass is 251 g/mol. The van der Waals surface area contributed by atoms with Crippen LogP contribution in [0.2, 0.25) is 5.02 Å². The van der Waals surface area contributed by atoms with Crippen LogP contribution in [-0.4, -0.2) is 13.1 Å². The van der Waals surface area contributed by atoms with Gasteiger partial charge in [-0.15, -0.1) is 0 Å². The fourth-order valence-corrected chi connectivity index (χ4v) is 2.31. The zero-order valence-electron chi connectivity index (χ0n) is 10.3. The van der Waals surface area contributed by atoms with Gasteiger partial charge in [0.1, 0.15) is 5.58 Å². The molecule has 2 nitrogen and oxygen atoms in total. The molecule has 1 aromatic heterocycles. The van der Waals surface area contributed by atoms with Gasteiger partial charge in [0.15, 0.2) is 0 Å². The van der Waals surface area contributed by atoms with E-state index in [1.54, 1.807) is 0 Å². The van der Waals surface area contributed by atoms with Gasteiger partial charge in [0.05, 0.1) is 6.26 Å². The molecule has 0 aliphatic heterocycles. The summed E-state index contributed by atoms with van der Waals surface area (Å²) in [4.78, 5) is 0. The van der Waals surface area contributed by atoms with Gasteiger partial charge in [0, 0.05) is 10.4 Å². The molecule has 0 fully saturated rings. The number of rotatable bonds is 5. The van der Waals surface area contributed by atoms with Crippen LogP contribution in [-0.2, 0) is 6.42 Å². The normalized spacial score (nSPS) is 11.2. The molecule has 0 atom stereocenters. The second-order valence-corrected chi connectivity index (χ2v) is 4.80. The van der Waals surface area contributed by atoms with Crippen LogP contribution in [0.4, 0.5) is 0 Å². The minimum Gasteiger partial charge on any atom is -0.464 e. The molecule has 0 radical (unpaired) electrons. The molecule has 2 aromatic rings. The van der Waals surface area contributed by atoms with Gasteiger partial charge in [0.25, 0.3) is 0 Å². The average molecular weight is 252 g/mol. The van der Waals surface area contributed by atoms with E-state index in [2.05, 4.69) is 12.2 Å². The van der Waals surface area contributed by atoms with Crippen molar-refractivity contribution in [3.63, 3.8) is 0 Å². The third kappa shape index (κ3) is 2.82. The van der Waals surface area contributed by atoms with Gasteiger partial charge in [-0.3, -0.25) is 0 Å². The molecule has 17 heavy (non-hydrogen) atoms. The smallest absolute Gasteiger partial charge is 0.137 e. The van der Waals surface area contributed by atoms with Gasteiger partial charge in [-0.25, -0.2) is 0 Å². The molecule has 3 heteroatoms. The quantitative estimate of drug-likeness (QED) is 0.815. The Hall–Kier alpha value is -0.990. The van der Waals surface area contributed by atoms with Gasteiger partial charge in [0.2, 0.25) is 0 Å². The number of benzene rings is 1. The molecular formula is C14H18ClNO. The summed E-state index contributed by atoms with van der Waals surface area (Å²) in [5.41, 5.74) is 3.29. The molecule has 0 unspecified atom stereocenters. The Labute approximate surface area is 107 Å². The minimum atomic E-state index is 0.777. The van der Waals surface area contributed by atoms with Crippen molar-refractivity contribution < 1.29 is 4.42 Å². The maximum absolute atomic E-state index is 6.08. The summed E-state index contributed by atoms with van der Waals surface area (Å²) < 4.78 is 5.61. The van der Waals surface area contributed by atoms with Crippen molar-refractivity contribution in [2.75, 3.05) is 13.1 Å². The summed E-state index contributed by atoms with van der Waals surface area (Å²) in [5, 5.41) is 5.32. The summed E-state index contributed by atoms with van der Waals surface area (Å²) in [6.07, 6.45) is 3.99. The summed E-state index contributed by atoms with van der Waals surface area (Å²) >= 11 is 6.08. The molecule has 0 amide bonds. The van der Waals surface area contributed by atoms with Crippen molar-refractivity contribution in [1.29, 1.82) is 0 Å². The number of halogens is 1. The molecule has 0 spiro atoms. The first kappa shape index (κ1) is 12.5. The highest BCUT2D eigenvalue weighted by Crippen LogP contribution is 2.28. The molecule has 1 aromatic carbocycles. The lowest BCUT2D eigenvalue weighted by Gasteiger charge is -2.02. The van der Waals surface area contributed by atoms with E-state index in [1.165, 1.54) is 5.56 Å². The van der Waals surface area contributed by atoms with Crippen LogP contribution in [0.1, 0.15) is 24.5 Å². The Morgan fingerprint density at radius 3 is 2.88 bits per heavy atom. The van der Waals surface area contributed by atoms with E-state index in [1.807, 2.05) is 25.3 Å². The Bertz CT molecular complexity index is 504. The Kier molecular flexibility index (Phi) is 4.08. The highest BCUT2D eigenvalue weighted by Gasteiger charge is 2.08. The first-order chi connectivity index (χ1) is 8.22. The summed E-state index contributed by atoms with van der Waals surface area (Å²) in [5.74, 6) is 0. The SMILES string of the molecule is CCCNCCc1coc2c(C)cc(Cl)cc12. The van der Waals surface area contributed by atoms with Crippen molar-refractivity contribution in [1.82, 2.24) is 5.32 Å². The van der Waals surface area contributed by atoms with Crippen LogP contribution >= 0.6 is 11.6 Å². The maximum Gasteiger partial charge on any atom is 0.137 e. The Morgan fingerprint density at radius 2 is 2.12 bits per heavy atom. The van der Waals surface area contributed by atoms with Gasteiger partial charge in [-0.1, -0.05) is 18.5 Å². The molecule has 0 aliphatic rings. The predicted octanol–water partition coefficient (Wildman–Crippen LogP) is 3.94. The molecule has 0 bridgehead atoms. The third-order valence-corrected chi connectivity index (χ3v) is 3.12. The Balaban J connectivity index is 2.18. The summed E-state index contributed by atoms with van der Waals surface area (Å²) in [6.45, 7) is 6.24. The molecule has 0 saturated carbocycles. The minimum absolute atomic E-state index is 0.777. The van der Waals surface area contributed by atoms with E-state index < -0.39 is 0 Å². The number of aryl methyl sites for hydroxylation is 1. The van der Waals surface area contributed by atoms with Crippen LogP contribution in [0.25, 0.3) is 11.0 Å². The van der Waals surface area contributed by atoms with Crippen molar-refractivity contribution >= 4 is 22.6 Å². The van der Waals surface area contributed by atoms with Crippen LogP contribution in [0.3, 0.4) is 0 Å². The van der Waals surface area contributed by atoms with Gasteiger partial charge >= 0.3 is 0 Å². The number of hydrogen-bond donors (Lipinski definition) is 1. The molecular weight excluding hydrogens is 234 g/mol. The van der Waals surface area contributed by atoms with E-state index in [-0.39, 0.29) is 0 Å². The molecule has 92 valence electrons. The lowest BCUT2D eigenvalue weighted by Crippen LogP contribution is -2.17. The van der Waals surface area contributed by atoms with Gasteiger partial charge in [-0.2, -0.15) is 0 Å². The number of hydrogen-bond acceptors (Lipinski definition) is 2. The summed E-state index contributed by atoms with van der Waals surface area (Å²) in [7, 11) is 0. The van der Waals surface area contributed by atoms with E-state index in [4.69, 9.17) is 16.0 Å². The largest absolute Gasteiger partial charge is 0.464 e. The fraction of sp³-hybridized carbons (Fsp3) is 0.429. The maximum atomic E-state index is 6.08. The van der Waals surface area contributed by atoms with Crippen molar-refractivity contribution in [3.8, 4) is 0 Å². The molecule has 0 saturated heterocycles. The molecule has 1 heterocycles. The highest BCUT2D eigenvalue weighted by molar-refractivity contribution is 6.31.